The van der Waals surface area contributed by atoms with Gasteiger partial charge in [-0.15, -0.1) is 0 Å². The van der Waals surface area contributed by atoms with Gasteiger partial charge in [-0.3, -0.25) is 4.68 Å². The largest absolute Gasteiger partial charge is 0.497 e. The zero-order chi connectivity index (χ0) is 14.4. The minimum Gasteiger partial charge on any atom is -0.497 e. The fourth-order valence-corrected chi connectivity index (χ4v) is 2.22. The fourth-order valence-electron chi connectivity index (χ4n) is 2.22. The van der Waals surface area contributed by atoms with Crippen LogP contribution in [0.1, 0.15) is 30.8 Å². The van der Waals surface area contributed by atoms with Gasteiger partial charge in [0.05, 0.1) is 18.5 Å². The quantitative estimate of drug-likeness (QED) is 0.843. The first-order valence-corrected chi connectivity index (χ1v) is 7.16. The Hall–Kier alpha value is -1.81. The molecule has 0 unspecified atom stereocenters. The molecule has 20 heavy (non-hydrogen) atoms. The molecule has 1 aromatic carbocycles. The van der Waals surface area contributed by atoms with Gasteiger partial charge < -0.3 is 10.1 Å². The Kier molecular flexibility index (Phi) is 5.18. The average molecular weight is 273 g/mol. The molecule has 0 aliphatic heterocycles. The summed E-state index contributed by atoms with van der Waals surface area (Å²) in [6.45, 7) is 6.83. The third-order valence-corrected chi connectivity index (χ3v) is 3.35. The Labute approximate surface area is 120 Å². The third kappa shape index (κ3) is 3.61. The van der Waals surface area contributed by atoms with Crippen LogP contribution in [-0.2, 0) is 26.1 Å². The van der Waals surface area contributed by atoms with Crippen LogP contribution >= 0.6 is 0 Å². The highest BCUT2D eigenvalue weighted by Crippen LogP contribution is 2.12. The van der Waals surface area contributed by atoms with Crippen molar-refractivity contribution in [2.24, 2.45) is 0 Å². The summed E-state index contributed by atoms with van der Waals surface area (Å²) in [4.78, 5) is 0. The Morgan fingerprint density at radius 1 is 1.20 bits per heavy atom. The van der Waals surface area contributed by atoms with Gasteiger partial charge in [0.1, 0.15) is 5.75 Å². The monoisotopic (exact) mass is 273 g/mol. The highest BCUT2D eigenvalue weighted by molar-refractivity contribution is 5.28. The van der Waals surface area contributed by atoms with E-state index in [4.69, 9.17) is 4.74 Å². The van der Waals surface area contributed by atoms with Crippen LogP contribution in [0.15, 0.2) is 30.3 Å². The Bertz CT molecular complexity index is 548. The SMILES string of the molecule is CCc1cc(CNCc2cccc(OC)c2)n(CC)n1. The molecule has 0 spiro atoms. The van der Waals surface area contributed by atoms with Crippen LogP contribution in [0.25, 0.3) is 0 Å². The maximum Gasteiger partial charge on any atom is 0.119 e. The van der Waals surface area contributed by atoms with Crippen molar-refractivity contribution < 1.29 is 4.74 Å². The normalized spacial score (nSPS) is 10.8. The molecule has 0 atom stereocenters. The molecule has 1 aromatic heterocycles. The molecule has 0 saturated carbocycles. The Morgan fingerprint density at radius 2 is 2.05 bits per heavy atom. The summed E-state index contributed by atoms with van der Waals surface area (Å²) in [5.41, 5.74) is 3.62. The van der Waals surface area contributed by atoms with Gasteiger partial charge in [0, 0.05) is 19.6 Å². The Balaban J connectivity index is 1.93. The third-order valence-electron chi connectivity index (χ3n) is 3.35. The molecule has 0 radical (unpaired) electrons. The van der Waals surface area contributed by atoms with Crippen molar-refractivity contribution in [2.45, 2.75) is 39.9 Å². The first-order chi connectivity index (χ1) is 9.76. The van der Waals surface area contributed by atoms with Gasteiger partial charge in [-0.2, -0.15) is 5.10 Å². The highest BCUT2D eigenvalue weighted by atomic mass is 16.5. The summed E-state index contributed by atoms with van der Waals surface area (Å²) in [7, 11) is 1.69. The van der Waals surface area contributed by atoms with E-state index < -0.39 is 0 Å². The number of aryl methyl sites for hydroxylation is 2. The molecule has 0 saturated heterocycles. The van der Waals surface area contributed by atoms with Crippen molar-refractivity contribution in [3.8, 4) is 5.75 Å². The molecule has 1 N–H and O–H groups in total. The van der Waals surface area contributed by atoms with Crippen LogP contribution in [0.2, 0.25) is 0 Å². The molecular weight excluding hydrogens is 250 g/mol. The maximum absolute atomic E-state index is 5.23. The molecule has 0 fully saturated rings. The van der Waals surface area contributed by atoms with E-state index in [2.05, 4.69) is 47.1 Å². The summed E-state index contributed by atoms with van der Waals surface area (Å²) >= 11 is 0. The van der Waals surface area contributed by atoms with Gasteiger partial charge in [-0.05, 0) is 37.1 Å². The van der Waals surface area contributed by atoms with Crippen LogP contribution in [0.4, 0.5) is 0 Å². The van der Waals surface area contributed by atoms with E-state index in [0.29, 0.717) is 0 Å². The lowest BCUT2D eigenvalue weighted by Gasteiger charge is -2.08. The van der Waals surface area contributed by atoms with Crippen molar-refractivity contribution in [2.75, 3.05) is 7.11 Å². The predicted molar refractivity (Wildman–Crippen MR) is 80.8 cm³/mol. The van der Waals surface area contributed by atoms with Crippen molar-refractivity contribution in [3.05, 3.63) is 47.3 Å². The van der Waals surface area contributed by atoms with Gasteiger partial charge in [0.25, 0.3) is 0 Å². The second-order valence-corrected chi connectivity index (χ2v) is 4.75. The lowest BCUT2D eigenvalue weighted by atomic mass is 10.2. The molecule has 0 aliphatic rings. The second-order valence-electron chi connectivity index (χ2n) is 4.75. The molecule has 4 nitrogen and oxygen atoms in total. The first-order valence-electron chi connectivity index (χ1n) is 7.16. The minimum absolute atomic E-state index is 0.827. The minimum atomic E-state index is 0.827. The molecule has 0 aliphatic carbocycles. The van der Waals surface area contributed by atoms with Crippen LogP contribution in [-0.4, -0.2) is 16.9 Å². The zero-order valence-electron chi connectivity index (χ0n) is 12.5. The van der Waals surface area contributed by atoms with Gasteiger partial charge in [0.15, 0.2) is 0 Å². The van der Waals surface area contributed by atoms with E-state index in [1.807, 2.05) is 12.1 Å². The average Bonchev–Trinajstić information content (AvgIpc) is 2.90. The maximum atomic E-state index is 5.23. The van der Waals surface area contributed by atoms with E-state index in [0.717, 1.165) is 37.5 Å². The number of nitrogens with one attached hydrogen (secondary N) is 1. The number of benzene rings is 1. The van der Waals surface area contributed by atoms with E-state index in [1.54, 1.807) is 7.11 Å². The lowest BCUT2D eigenvalue weighted by Crippen LogP contribution is -2.16. The number of hydrogen-bond donors (Lipinski definition) is 1. The van der Waals surface area contributed by atoms with Crippen molar-refractivity contribution in [1.82, 2.24) is 15.1 Å². The summed E-state index contributed by atoms with van der Waals surface area (Å²) in [5.74, 6) is 0.899. The summed E-state index contributed by atoms with van der Waals surface area (Å²) in [6, 6.07) is 10.3. The lowest BCUT2D eigenvalue weighted by molar-refractivity contribution is 0.414. The second kappa shape index (κ2) is 7.10. The van der Waals surface area contributed by atoms with Crippen LogP contribution in [0.5, 0.6) is 5.75 Å². The highest BCUT2D eigenvalue weighted by Gasteiger charge is 2.05. The Morgan fingerprint density at radius 3 is 2.75 bits per heavy atom. The molecule has 1 heterocycles. The molecule has 108 valence electrons. The van der Waals surface area contributed by atoms with Gasteiger partial charge in [-0.1, -0.05) is 19.1 Å². The molecule has 2 aromatic rings. The van der Waals surface area contributed by atoms with Crippen molar-refractivity contribution in [1.29, 1.82) is 0 Å². The van der Waals surface area contributed by atoms with Gasteiger partial charge in [0.2, 0.25) is 0 Å². The molecule has 0 amide bonds. The van der Waals surface area contributed by atoms with Gasteiger partial charge in [-0.25, -0.2) is 0 Å². The number of rotatable bonds is 7. The van der Waals surface area contributed by atoms with E-state index >= 15 is 0 Å². The van der Waals surface area contributed by atoms with Crippen molar-refractivity contribution in [3.63, 3.8) is 0 Å². The predicted octanol–water partition coefficient (Wildman–Crippen LogP) is 2.76. The molecule has 2 rings (SSSR count). The summed E-state index contributed by atoms with van der Waals surface area (Å²) in [5, 5.41) is 8.02. The zero-order valence-corrected chi connectivity index (χ0v) is 12.5. The van der Waals surface area contributed by atoms with E-state index in [9.17, 15) is 0 Å². The number of nitrogens with zero attached hydrogens (tertiary/aromatic N) is 2. The molecular formula is C16H23N3O. The number of aromatic nitrogens is 2. The van der Waals surface area contributed by atoms with Crippen LogP contribution < -0.4 is 10.1 Å². The summed E-state index contributed by atoms with van der Waals surface area (Å²) in [6.07, 6.45) is 0.982. The standard InChI is InChI=1S/C16H23N3O/c1-4-14-10-15(19(5-2)18-14)12-17-11-13-7-6-8-16(9-13)20-3/h6-10,17H,4-5,11-12H2,1-3H3. The number of methoxy groups -OCH3 is 1. The smallest absolute Gasteiger partial charge is 0.119 e. The van der Waals surface area contributed by atoms with Crippen LogP contribution in [0.3, 0.4) is 0 Å². The number of hydrogen-bond acceptors (Lipinski definition) is 3. The van der Waals surface area contributed by atoms with Crippen molar-refractivity contribution >= 4 is 0 Å². The van der Waals surface area contributed by atoms with E-state index in [-0.39, 0.29) is 0 Å². The number of ether oxygens (including phenoxy) is 1. The topological polar surface area (TPSA) is 39.1 Å². The van der Waals surface area contributed by atoms with Gasteiger partial charge >= 0.3 is 0 Å². The van der Waals surface area contributed by atoms with Crippen LogP contribution in [0, 0.1) is 0 Å². The fraction of sp³-hybridized carbons (Fsp3) is 0.438. The van der Waals surface area contributed by atoms with E-state index in [1.165, 1.54) is 11.3 Å². The molecule has 0 bridgehead atoms. The molecule has 4 heteroatoms. The first kappa shape index (κ1) is 14.6. The summed E-state index contributed by atoms with van der Waals surface area (Å²) < 4.78 is 7.30.